The van der Waals surface area contributed by atoms with Gasteiger partial charge in [0.15, 0.2) is 0 Å². The monoisotopic (exact) mass is 244 g/mol. The molecule has 2 rings (SSSR count). The second-order valence-electron chi connectivity index (χ2n) is 3.43. The molecule has 0 unspecified atom stereocenters. The zero-order valence-electron chi connectivity index (χ0n) is 9.16. The van der Waals surface area contributed by atoms with Crippen LogP contribution in [0.1, 0.15) is 21.7 Å². The van der Waals surface area contributed by atoms with Crippen LogP contribution in [-0.2, 0) is 6.61 Å². The summed E-state index contributed by atoms with van der Waals surface area (Å²) in [5, 5.41) is 20.7. The Kier molecular flexibility index (Phi) is 3.25. The summed E-state index contributed by atoms with van der Waals surface area (Å²) in [6.45, 7) is 0.220. The van der Waals surface area contributed by atoms with Gasteiger partial charge in [0, 0.05) is 0 Å². The van der Waals surface area contributed by atoms with E-state index >= 15 is 0 Å². The van der Waals surface area contributed by atoms with Gasteiger partial charge in [-0.15, -0.1) is 0 Å². The van der Waals surface area contributed by atoms with Crippen molar-refractivity contribution >= 4 is 5.97 Å². The number of hydrogen-bond acceptors (Lipinski definition) is 5. The molecule has 0 aliphatic rings. The average Bonchev–Trinajstić information content (AvgIpc) is 2.86. The minimum atomic E-state index is -1.20. The maximum absolute atomic E-state index is 10.5. The molecule has 0 spiro atoms. The first-order valence-corrected chi connectivity index (χ1v) is 5.01. The van der Waals surface area contributed by atoms with Gasteiger partial charge in [-0.25, -0.2) is 4.79 Å². The third-order valence-corrected chi connectivity index (χ3v) is 2.17. The van der Waals surface area contributed by atoms with Crippen molar-refractivity contribution in [2.75, 3.05) is 0 Å². The molecule has 0 saturated carbocycles. The molecule has 90 valence electrons. The second-order valence-corrected chi connectivity index (χ2v) is 3.43. The van der Waals surface area contributed by atoms with Crippen LogP contribution in [-0.4, -0.2) is 16.2 Å². The lowest BCUT2D eigenvalue weighted by Crippen LogP contribution is -1.95. The first-order valence-electron chi connectivity index (χ1n) is 5.01. The predicted molar refractivity (Wildman–Crippen MR) is 59.0 cm³/mol. The third kappa shape index (κ3) is 2.65. The van der Waals surface area contributed by atoms with Crippen LogP contribution >= 0.6 is 0 Å². The van der Waals surface area contributed by atoms with Gasteiger partial charge in [-0.05, 0) is 22.9 Å². The highest BCUT2D eigenvalue weighted by molar-refractivity contribution is 5.84. The molecule has 1 heterocycles. The summed E-state index contributed by atoms with van der Waals surface area (Å²) in [4.78, 5) is 10.5. The highest BCUT2D eigenvalue weighted by atomic mass is 16.5. The fourth-order valence-corrected chi connectivity index (χ4v) is 1.26. The van der Waals surface area contributed by atoms with Crippen LogP contribution < -0.4 is 4.74 Å². The molecule has 6 nitrogen and oxygen atoms in total. The largest absolute Gasteiger partial charge is 0.475 e. The molecule has 0 aliphatic carbocycles. The van der Waals surface area contributed by atoms with Crippen LogP contribution in [0.15, 0.2) is 34.9 Å². The Morgan fingerprint density at radius 1 is 1.44 bits per heavy atom. The standard InChI is InChI=1S/C12H8N2O4/c13-6-8-1-3-9(4-2-8)7-17-11-5-10(12(15)16)18-14-11/h1-5H,7H2,(H,15,16). The minimum Gasteiger partial charge on any atom is -0.475 e. The molecule has 0 atom stereocenters. The number of carboxylic acid groups (broad SMARTS) is 1. The van der Waals surface area contributed by atoms with E-state index in [0.29, 0.717) is 5.56 Å². The molecule has 0 radical (unpaired) electrons. The van der Waals surface area contributed by atoms with Crippen molar-refractivity contribution in [2.24, 2.45) is 0 Å². The molecule has 0 bridgehead atoms. The summed E-state index contributed by atoms with van der Waals surface area (Å²) >= 11 is 0. The van der Waals surface area contributed by atoms with Crippen LogP contribution in [0.25, 0.3) is 0 Å². The quantitative estimate of drug-likeness (QED) is 0.881. The van der Waals surface area contributed by atoms with Gasteiger partial charge in [-0.2, -0.15) is 5.26 Å². The zero-order chi connectivity index (χ0) is 13.0. The highest BCUT2D eigenvalue weighted by Gasteiger charge is 2.11. The number of nitrogens with zero attached hydrogens (tertiary/aromatic N) is 2. The Balaban J connectivity index is 1.98. The Hall–Kier alpha value is -2.81. The molecular weight excluding hydrogens is 236 g/mol. The summed E-state index contributed by atoms with van der Waals surface area (Å²) in [5.41, 5.74) is 1.40. The summed E-state index contributed by atoms with van der Waals surface area (Å²) in [5.74, 6) is -1.36. The topological polar surface area (TPSA) is 96.3 Å². The van der Waals surface area contributed by atoms with Crippen molar-refractivity contribution in [3.63, 3.8) is 0 Å². The van der Waals surface area contributed by atoms with E-state index in [1.165, 1.54) is 6.07 Å². The first kappa shape index (κ1) is 11.7. The predicted octanol–water partition coefficient (Wildman–Crippen LogP) is 1.82. The summed E-state index contributed by atoms with van der Waals surface area (Å²) in [6.07, 6.45) is 0. The van der Waals surface area contributed by atoms with E-state index < -0.39 is 5.97 Å². The summed E-state index contributed by atoms with van der Waals surface area (Å²) in [7, 11) is 0. The van der Waals surface area contributed by atoms with Crippen LogP contribution in [0.2, 0.25) is 0 Å². The lowest BCUT2D eigenvalue weighted by atomic mass is 10.2. The van der Waals surface area contributed by atoms with Crippen LogP contribution in [0.5, 0.6) is 5.88 Å². The normalized spacial score (nSPS) is 9.72. The Labute approximate surface area is 102 Å². The third-order valence-electron chi connectivity index (χ3n) is 2.17. The molecule has 0 fully saturated rings. The Morgan fingerprint density at radius 2 is 2.17 bits per heavy atom. The molecule has 1 aromatic heterocycles. The lowest BCUT2D eigenvalue weighted by molar-refractivity contribution is 0.0651. The van der Waals surface area contributed by atoms with Gasteiger partial charge in [-0.1, -0.05) is 12.1 Å². The van der Waals surface area contributed by atoms with Crippen molar-refractivity contribution in [1.29, 1.82) is 5.26 Å². The minimum absolute atomic E-state index is 0.108. The van der Waals surface area contributed by atoms with Crippen LogP contribution in [0.3, 0.4) is 0 Å². The van der Waals surface area contributed by atoms with E-state index in [0.717, 1.165) is 5.56 Å². The number of carboxylic acids is 1. The molecule has 6 heteroatoms. The van der Waals surface area contributed by atoms with Gasteiger partial charge in [0.25, 0.3) is 5.88 Å². The second kappa shape index (κ2) is 5.01. The smallest absolute Gasteiger partial charge is 0.374 e. The van der Waals surface area contributed by atoms with Crippen molar-refractivity contribution in [2.45, 2.75) is 6.61 Å². The van der Waals surface area contributed by atoms with E-state index in [1.807, 2.05) is 6.07 Å². The fourth-order valence-electron chi connectivity index (χ4n) is 1.26. The number of hydrogen-bond donors (Lipinski definition) is 1. The number of aromatic nitrogens is 1. The lowest BCUT2D eigenvalue weighted by Gasteiger charge is -2.01. The van der Waals surface area contributed by atoms with Crippen LogP contribution in [0.4, 0.5) is 0 Å². The maximum Gasteiger partial charge on any atom is 0.374 e. The van der Waals surface area contributed by atoms with Gasteiger partial charge in [0.05, 0.1) is 17.7 Å². The number of aromatic carboxylic acids is 1. The van der Waals surface area contributed by atoms with E-state index in [1.54, 1.807) is 24.3 Å². The summed E-state index contributed by atoms with van der Waals surface area (Å²) in [6, 6.07) is 10.0. The maximum atomic E-state index is 10.5. The van der Waals surface area contributed by atoms with Gasteiger partial charge in [0.2, 0.25) is 5.76 Å². The summed E-state index contributed by atoms with van der Waals surface area (Å²) < 4.78 is 9.78. The van der Waals surface area contributed by atoms with E-state index in [9.17, 15) is 4.79 Å². The zero-order valence-corrected chi connectivity index (χ0v) is 9.16. The van der Waals surface area contributed by atoms with Crippen molar-refractivity contribution in [3.05, 3.63) is 47.2 Å². The first-order chi connectivity index (χ1) is 8.69. The van der Waals surface area contributed by atoms with Gasteiger partial charge in [0.1, 0.15) is 6.61 Å². The van der Waals surface area contributed by atoms with Crippen molar-refractivity contribution in [3.8, 4) is 11.9 Å². The van der Waals surface area contributed by atoms with Crippen molar-refractivity contribution in [1.82, 2.24) is 5.16 Å². The van der Waals surface area contributed by atoms with Gasteiger partial charge >= 0.3 is 5.97 Å². The Bertz CT molecular complexity index is 595. The average molecular weight is 244 g/mol. The van der Waals surface area contributed by atoms with E-state index in [4.69, 9.17) is 15.1 Å². The van der Waals surface area contributed by atoms with Crippen molar-refractivity contribution < 1.29 is 19.2 Å². The van der Waals surface area contributed by atoms with Gasteiger partial charge in [-0.3, -0.25) is 0 Å². The fraction of sp³-hybridized carbons (Fsp3) is 0.0833. The highest BCUT2D eigenvalue weighted by Crippen LogP contribution is 2.13. The van der Waals surface area contributed by atoms with E-state index in [2.05, 4.69) is 9.68 Å². The van der Waals surface area contributed by atoms with Crippen LogP contribution in [0, 0.1) is 11.3 Å². The molecule has 1 N–H and O–H groups in total. The molecule has 0 amide bonds. The molecule has 18 heavy (non-hydrogen) atoms. The number of benzene rings is 1. The SMILES string of the molecule is N#Cc1ccc(COc2cc(C(=O)O)on2)cc1. The van der Waals surface area contributed by atoms with Gasteiger partial charge < -0.3 is 14.4 Å². The molecule has 0 aliphatic heterocycles. The number of nitriles is 1. The number of ether oxygens (including phenoxy) is 1. The molecule has 0 saturated heterocycles. The molecular formula is C12H8N2O4. The Morgan fingerprint density at radius 3 is 2.72 bits per heavy atom. The number of carbonyl (C=O) groups is 1. The van der Waals surface area contributed by atoms with E-state index in [-0.39, 0.29) is 18.2 Å². The molecule has 2 aromatic rings. The number of rotatable bonds is 4. The molecule has 1 aromatic carbocycles.